The fraction of sp³-hybridized carbons (Fsp3) is 0.167. The largest absolute Gasteiger partial charge is 0.493 e. The number of para-hydroxylation sites is 1. The SMILES string of the molecule is O=C(O)c1cc2c(OC[C@@H]3COc4ccccc43)cccc2[nH]1. The number of benzene rings is 2. The highest BCUT2D eigenvalue weighted by Gasteiger charge is 2.24. The third-order valence-electron chi connectivity index (χ3n) is 4.09. The molecule has 0 radical (unpaired) electrons. The first-order valence-corrected chi connectivity index (χ1v) is 7.42. The first-order valence-electron chi connectivity index (χ1n) is 7.42. The number of aromatic amines is 1. The van der Waals surface area contributed by atoms with Crippen molar-refractivity contribution in [1.29, 1.82) is 0 Å². The Labute approximate surface area is 132 Å². The maximum Gasteiger partial charge on any atom is 0.352 e. The lowest BCUT2D eigenvalue weighted by molar-refractivity contribution is 0.0691. The smallest absolute Gasteiger partial charge is 0.352 e. The molecule has 0 unspecified atom stereocenters. The quantitative estimate of drug-likeness (QED) is 0.774. The van der Waals surface area contributed by atoms with Crippen LogP contribution in [0.5, 0.6) is 11.5 Å². The number of aromatic nitrogens is 1. The maximum atomic E-state index is 11.1. The van der Waals surface area contributed by atoms with Crippen LogP contribution in [0.15, 0.2) is 48.5 Å². The van der Waals surface area contributed by atoms with E-state index in [-0.39, 0.29) is 11.6 Å². The topological polar surface area (TPSA) is 71.6 Å². The average molecular weight is 309 g/mol. The minimum Gasteiger partial charge on any atom is -0.493 e. The van der Waals surface area contributed by atoms with E-state index in [0.29, 0.717) is 19.0 Å². The molecule has 0 saturated heterocycles. The number of H-pyrrole nitrogens is 1. The van der Waals surface area contributed by atoms with Gasteiger partial charge in [-0.05, 0) is 24.3 Å². The van der Waals surface area contributed by atoms with Crippen LogP contribution in [0.4, 0.5) is 0 Å². The molecule has 0 amide bonds. The van der Waals surface area contributed by atoms with Crippen molar-refractivity contribution in [1.82, 2.24) is 4.98 Å². The van der Waals surface area contributed by atoms with Crippen molar-refractivity contribution in [2.24, 2.45) is 0 Å². The highest BCUT2D eigenvalue weighted by atomic mass is 16.5. The van der Waals surface area contributed by atoms with E-state index in [9.17, 15) is 4.79 Å². The minimum absolute atomic E-state index is 0.158. The van der Waals surface area contributed by atoms with Crippen LogP contribution in [0.25, 0.3) is 10.9 Å². The van der Waals surface area contributed by atoms with Crippen LogP contribution in [0.1, 0.15) is 22.0 Å². The van der Waals surface area contributed by atoms with Crippen molar-refractivity contribution in [2.75, 3.05) is 13.2 Å². The summed E-state index contributed by atoms with van der Waals surface area (Å²) in [7, 11) is 0. The molecule has 2 N–H and O–H groups in total. The van der Waals surface area contributed by atoms with Crippen molar-refractivity contribution >= 4 is 16.9 Å². The van der Waals surface area contributed by atoms with Crippen molar-refractivity contribution in [3.8, 4) is 11.5 Å². The predicted octanol–water partition coefficient (Wildman–Crippen LogP) is 3.42. The van der Waals surface area contributed by atoms with Crippen molar-refractivity contribution in [3.63, 3.8) is 0 Å². The molecule has 116 valence electrons. The number of fused-ring (bicyclic) bond motifs is 2. The van der Waals surface area contributed by atoms with E-state index in [1.165, 1.54) is 0 Å². The zero-order valence-electron chi connectivity index (χ0n) is 12.3. The molecule has 23 heavy (non-hydrogen) atoms. The van der Waals surface area contributed by atoms with Crippen molar-refractivity contribution < 1.29 is 19.4 Å². The van der Waals surface area contributed by atoms with Crippen molar-refractivity contribution in [3.05, 3.63) is 59.8 Å². The zero-order valence-corrected chi connectivity index (χ0v) is 12.3. The fourth-order valence-corrected chi connectivity index (χ4v) is 2.93. The first kappa shape index (κ1) is 13.7. The van der Waals surface area contributed by atoms with E-state index >= 15 is 0 Å². The molecule has 2 heterocycles. The van der Waals surface area contributed by atoms with Gasteiger partial charge in [0.05, 0.1) is 19.1 Å². The van der Waals surface area contributed by atoms with E-state index < -0.39 is 5.97 Å². The van der Waals surface area contributed by atoms with Gasteiger partial charge < -0.3 is 19.6 Å². The lowest BCUT2D eigenvalue weighted by atomic mass is 10.0. The highest BCUT2D eigenvalue weighted by molar-refractivity contribution is 5.96. The molecule has 3 aromatic rings. The standard InChI is InChI=1S/C18H15NO4/c20-18(21)15-8-13-14(19-15)5-3-7-17(13)23-10-11-9-22-16-6-2-1-4-12(11)16/h1-8,11,19H,9-10H2,(H,20,21)/t11-/m0/s1. The zero-order chi connectivity index (χ0) is 15.8. The van der Waals surface area contributed by atoms with Gasteiger partial charge >= 0.3 is 5.97 Å². The number of ether oxygens (including phenoxy) is 2. The molecule has 0 spiro atoms. The third-order valence-corrected chi connectivity index (χ3v) is 4.09. The van der Waals surface area contributed by atoms with Gasteiger partial charge in [0.1, 0.15) is 17.2 Å². The molecule has 1 atom stereocenters. The molecule has 0 fully saturated rings. The second-order valence-corrected chi connectivity index (χ2v) is 5.56. The Balaban J connectivity index is 1.58. The summed E-state index contributed by atoms with van der Waals surface area (Å²) in [5, 5.41) is 9.87. The van der Waals surface area contributed by atoms with Gasteiger partial charge in [0.15, 0.2) is 0 Å². The van der Waals surface area contributed by atoms with Crippen LogP contribution < -0.4 is 9.47 Å². The molecule has 2 aromatic carbocycles. The Hall–Kier alpha value is -2.95. The summed E-state index contributed by atoms with van der Waals surface area (Å²) in [5.41, 5.74) is 2.06. The molecular weight excluding hydrogens is 294 g/mol. The lowest BCUT2D eigenvalue weighted by Gasteiger charge is -2.12. The number of hydrogen-bond acceptors (Lipinski definition) is 3. The predicted molar refractivity (Wildman–Crippen MR) is 85.4 cm³/mol. The summed E-state index contributed by atoms with van der Waals surface area (Å²) in [6, 6.07) is 15.1. The Morgan fingerprint density at radius 1 is 1.26 bits per heavy atom. The molecule has 0 saturated carbocycles. The second-order valence-electron chi connectivity index (χ2n) is 5.56. The van der Waals surface area contributed by atoms with Gasteiger partial charge in [0.2, 0.25) is 0 Å². The Morgan fingerprint density at radius 2 is 2.13 bits per heavy atom. The Morgan fingerprint density at radius 3 is 3.00 bits per heavy atom. The van der Waals surface area contributed by atoms with Crippen LogP contribution in [0.3, 0.4) is 0 Å². The van der Waals surface area contributed by atoms with Crippen LogP contribution in [0, 0.1) is 0 Å². The Kier molecular flexibility index (Phi) is 3.19. The number of hydrogen-bond donors (Lipinski definition) is 2. The number of carbonyl (C=O) groups is 1. The molecule has 4 rings (SSSR count). The monoisotopic (exact) mass is 309 g/mol. The van der Waals surface area contributed by atoms with Gasteiger partial charge in [0, 0.05) is 16.5 Å². The first-order chi connectivity index (χ1) is 11.2. The summed E-state index contributed by atoms with van der Waals surface area (Å²) in [5.74, 6) is 0.786. The molecule has 1 aliphatic heterocycles. The van der Waals surface area contributed by atoms with Gasteiger partial charge in [-0.25, -0.2) is 4.79 Å². The van der Waals surface area contributed by atoms with Gasteiger partial charge in [-0.2, -0.15) is 0 Å². The van der Waals surface area contributed by atoms with E-state index in [0.717, 1.165) is 22.2 Å². The van der Waals surface area contributed by atoms with Crippen LogP contribution in [0.2, 0.25) is 0 Å². The number of carboxylic acids is 1. The molecule has 0 aliphatic carbocycles. The minimum atomic E-state index is -0.981. The van der Waals surface area contributed by atoms with Crippen LogP contribution in [-0.4, -0.2) is 29.3 Å². The van der Waals surface area contributed by atoms with E-state index in [2.05, 4.69) is 11.1 Å². The van der Waals surface area contributed by atoms with Crippen LogP contribution >= 0.6 is 0 Å². The van der Waals surface area contributed by atoms with Gasteiger partial charge in [-0.15, -0.1) is 0 Å². The number of aromatic carboxylic acids is 1. The second kappa shape index (κ2) is 5.35. The molecule has 5 nitrogen and oxygen atoms in total. The van der Waals surface area contributed by atoms with E-state index in [4.69, 9.17) is 14.6 Å². The van der Waals surface area contributed by atoms with Crippen molar-refractivity contribution in [2.45, 2.75) is 5.92 Å². The maximum absolute atomic E-state index is 11.1. The van der Waals surface area contributed by atoms with Gasteiger partial charge in [-0.1, -0.05) is 24.3 Å². The summed E-state index contributed by atoms with van der Waals surface area (Å²) >= 11 is 0. The fourth-order valence-electron chi connectivity index (χ4n) is 2.93. The van der Waals surface area contributed by atoms with E-state index in [1.807, 2.05) is 36.4 Å². The average Bonchev–Trinajstić information content (AvgIpc) is 3.17. The summed E-state index contributed by atoms with van der Waals surface area (Å²) in [6.45, 7) is 1.09. The Bertz CT molecular complexity index is 884. The van der Waals surface area contributed by atoms with Gasteiger partial charge in [0.25, 0.3) is 0 Å². The molecule has 5 heteroatoms. The number of nitrogens with one attached hydrogen (secondary N) is 1. The summed E-state index contributed by atoms with van der Waals surface area (Å²) in [6.07, 6.45) is 0. The summed E-state index contributed by atoms with van der Waals surface area (Å²) < 4.78 is 11.6. The molecule has 1 aromatic heterocycles. The van der Waals surface area contributed by atoms with Gasteiger partial charge in [-0.3, -0.25) is 0 Å². The molecular formula is C18H15NO4. The number of carboxylic acid groups (broad SMARTS) is 1. The van der Waals surface area contributed by atoms with Crippen LogP contribution in [-0.2, 0) is 0 Å². The number of rotatable bonds is 4. The lowest BCUT2D eigenvalue weighted by Crippen LogP contribution is -2.11. The normalized spacial score (nSPS) is 16.1. The summed E-state index contributed by atoms with van der Waals surface area (Å²) in [4.78, 5) is 14.0. The highest BCUT2D eigenvalue weighted by Crippen LogP contribution is 2.34. The molecule has 0 bridgehead atoms. The third kappa shape index (κ3) is 2.40. The molecule has 1 aliphatic rings. The van der Waals surface area contributed by atoms with E-state index in [1.54, 1.807) is 6.07 Å².